The maximum Gasteiger partial charge on any atom is 0.354 e. The number of carbonyl (C=O) groups excluding carboxylic acids is 1. The van der Waals surface area contributed by atoms with Crippen LogP contribution < -0.4 is 0 Å². The van der Waals surface area contributed by atoms with E-state index in [2.05, 4.69) is 21.5 Å². The Kier molecular flexibility index (Phi) is 5.36. The van der Waals surface area contributed by atoms with Crippen molar-refractivity contribution in [2.24, 2.45) is 0 Å². The van der Waals surface area contributed by atoms with Gasteiger partial charge in [-0.05, 0) is 30.0 Å². The Morgan fingerprint density at radius 1 is 1.15 bits per heavy atom. The lowest BCUT2D eigenvalue weighted by molar-refractivity contribution is -0.136. The summed E-state index contributed by atoms with van der Waals surface area (Å²) in [5.41, 5.74) is 4.38. The molecule has 0 saturated carbocycles. The van der Waals surface area contributed by atoms with E-state index in [9.17, 15) is 9.59 Å². The highest BCUT2D eigenvalue weighted by atomic mass is 16.4. The summed E-state index contributed by atoms with van der Waals surface area (Å²) in [4.78, 5) is 39.3. The van der Waals surface area contributed by atoms with Gasteiger partial charge >= 0.3 is 5.97 Å². The Morgan fingerprint density at radius 3 is 2.65 bits per heavy atom. The van der Waals surface area contributed by atoms with Crippen molar-refractivity contribution in [2.45, 2.75) is 39.3 Å². The fourth-order valence-electron chi connectivity index (χ4n) is 4.73. The SMILES string of the molecule is CCc1nc(-c2cccc3cc(-c4ccc(C(=O)O)nc4)ncc23)c2n1C(CC)C(=O)N(C)C2. The second-order valence-electron chi connectivity index (χ2n) is 8.50. The molecule has 4 heterocycles. The number of hydrogen-bond acceptors (Lipinski definition) is 5. The van der Waals surface area contributed by atoms with Crippen LogP contribution in [0, 0.1) is 0 Å². The van der Waals surface area contributed by atoms with Crippen LogP contribution in [-0.2, 0) is 17.8 Å². The molecule has 34 heavy (non-hydrogen) atoms. The molecule has 1 amide bonds. The van der Waals surface area contributed by atoms with Crippen molar-refractivity contribution < 1.29 is 14.7 Å². The van der Waals surface area contributed by atoms with Gasteiger partial charge in [0.25, 0.3) is 0 Å². The first kappa shape index (κ1) is 21.8. The normalized spacial score (nSPS) is 15.6. The third-order valence-corrected chi connectivity index (χ3v) is 6.44. The number of aryl methyl sites for hydroxylation is 1. The quantitative estimate of drug-likeness (QED) is 0.480. The first-order valence-electron chi connectivity index (χ1n) is 11.4. The molecular weight excluding hydrogens is 430 g/mol. The molecule has 0 spiro atoms. The summed E-state index contributed by atoms with van der Waals surface area (Å²) in [5.74, 6) is -0.0138. The fraction of sp³-hybridized carbons (Fsp3) is 0.269. The third kappa shape index (κ3) is 3.42. The number of aromatic carboxylic acids is 1. The molecule has 0 fully saturated rings. The summed E-state index contributed by atoms with van der Waals surface area (Å²) in [6, 6.07) is 11.0. The van der Waals surface area contributed by atoms with Gasteiger partial charge in [0.1, 0.15) is 17.6 Å². The van der Waals surface area contributed by atoms with Gasteiger partial charge in [0.05, 0.1) is 23.6 Å². The number of nitrogens with zero attached hydrogens (tertiary/aromatic N) is 5. The van der Waals surface area contributed by atoms with Gasteiger partial charge in [0.15, 0.2) is 0 Å². The Labute approximate surface area is 196 Å². The topological polar surface area (TPSA) is 101 Å². The lowest BCUT2D eigenvalue weighted by atomic mass is 10.00. The third-order valence-electron chi connectivity index (χ3n) is 6.44. The zero-order valence-corrected chi connectivity index (χ0v) is 19.3. The molecule has 1 aliphatic heterocycles. The zero-order valence-electron chi connectivity index (χ0n) is 19.3. The highest BCUT2D eigenvalue weighted by molar-refractivity contribution is 5.97. The number of carboxylic acids is 1. The summed E-state index contributed by atoms with van der Waals surface area (Å²) >= 11 is 0. The number of amides is 1. The molecule has 0 radical (unpaired) electrons. The lowest BCUT2D eigenvalue weighted by Crippen LogP contribution is -2.40. The number of rotatable bonds is 5. The minimum Gasteiger partial charge on any atom is -0.477 e. The molecule has 1 unspecified atom stereocenters. The lowest BCUT2D eigenvalue weighted by Gasteiger charge is -2.32. The largest absolute Gasteiger partial charge is 0.477 e. The molecule has 3 aromatic heterocycles. The Hall–Kier alpha value is -4.07. The first-order valence-corrected chi connectivity index (χ1v) is 11.4. The standard InChI is InChI=1S/C26H25N5O3/c1-4-21-25(32)30(3)14-22-24(29-23(5-2)31(21)22)17-8-6-7-15-11-20(28-13-18(15)17)16-9-10-19(26(33)34)27-12-16/h6-13,21H,4-5,14H2,1-3H3,(H,33,34). The highest BCUT2D eigenvalue weighted by Crippen LogP contribution is 2.37. The van der Waals surface area contributed by atoms with Crippen molar-refractivity contribution in [1.82, 2.24) is 24.4 Å². The van der Waals surface area contributed by atoms with Gasteiger partial charge in [-0.2, -0.15) is 0 Å². The molecule has 172 valence electrons. The van der Waals surface area contributed by atoms with E-state index in [1.165, 1.54) is 12.3 Å². The highest BCUT2D eigenvalue weighted by Gasteiger charge is 2.34. The van der Waals surface area contributed by atoms with Crippen LogP contribution in [0.5, 0.6) is 0 Å². The van der Waals surface area contributed by atoms with Crippen LogP contribution in [0.2, 0.25) is 0 Å². The second-order valence-corrected chi connectivity index (χ2v) is 8.50. The molecule has 1 atom stereocenters. The summed E-state index contributed by atoms with van der Waals surface area (Å²) in [7, 11) is 1.84. The minimum absolute atomic E-state index is 0.00283. The fourth-order valence-corrected chi connectivity index (χ4v) is 4.73. The summed E-state index contributed by atoms with van der Waals surface area (Å²) in [6.07, 6.45) is 4.82. The number of imidazole rings is 1. The van der Waals surface area contributed by atoms with Crippen molar-refractivity contribution in [3.8, 4) is 22.5 Å². The van der Waals surface area contributed by atoms with Gasteiger partial charge in [0, 0.05) is 42.4 Å². The summed E-state index contributed by atoms with van der Waals surface area (Å²) in [6.45, 7) is 4.61. The molecule has 8 nitrogen and oxygen atoms in total. The van der Waals surface area contributed by atoms with Crippen LogP contribution in [0.4, 0.5) is 0 Å². The van der Waals surface area contributed by atoms with Crippen LogP contribution in [0.25, 0.3) is 33.3 Å². The van der Waals surface area contributed by atoms with Gasteiger partial charge in [-0.1, -0.05) is 32.0 Å². The number of pyridine rings is 2. The van der Waals surface area contributed by atoms with E-state index in [4.69, 9.17) is 10.1 Å². The van der Waals surface area contributed by atoms with Gasteiger partial charge < -0.3 is 14.6 Å². The minimum atomic E-state index is -1.06. The van der Waals surface area contributed by atoms with Crippen LogP contribution in [0.1, 0.15) is 48.3 Å². The van der Waals surface area contributed by atoms with E-state index >= 15 is 0 Å². The zero-order chi connectivity index (χ0) is 24.0. The number of carbonyl (C=O) groups is 2. The molecule has 1 N–H and O–H groups in total. The molecule has 8 heteroatoms. The number of likely N-dealkylation sites (N-methyl/N-ethyl adjacent to an activating group) is 1. The van der Waals surface area contributed by atoms with Gasteiger partial charge in [0.2, 0.25) is 5.91 Å². The van der Waals surface area contributed by atoms with Crippen LogP contribution in [0.3, 0.4) is 0 Å². The molecule has 1 aromatic carbocycles. The molecule has 5 rings (SSSR count). The molecule has 1 aliphatic rings. The monoisotopic (exact) mass is 455 g/mol. The summed E-state index contributed by atoms with van der Waals surface area (Å²) in [5, 5.41) is 11.1. The summed E-state index contributed by atoms with van der Waals surface area (Å²) < 4.78 is 2.13. The van der Waals surface area contributed by atoms with Crippen molar-refractivity contribution in [3.63, 3.8) is 0 Å². The molecular formula is C26H25N5O3. The van der Waals surface area contributed by atoms with Crippen molar-refractivity contribution in [2.75, 3.05) is 7.05 Å². The van der Waals surface area contributed by atoms with Crippen molar-refractivity contribution in [3.05, 3.63) is 66.0 Å². The van der Waals surface area contributed by atoms with Gasteiger partial charge in [-0.15, -0.1) is 0 Å². The maximum absolute atomic E-state index is 12.8. The Balaban J connectivity index is 1.63. The average Bonchev–Trinajstić information content (AvgIpc) is 3.22. The van der Waals surface area contributed by atoms with Crippen molar-refractivity contribution >= 4 is 22.6 Å². The predicted octanol–water partition coefficient (Wildman–Crippen LogP) is 4.34. The Morgan fingerprint density at radius 2 is 1.97 bits per heavy atom. The maximum atomic E-state index is 12.8. The average molecular weight is 456 g/mol. The molecule has 0 aliphatic carbocycles. The van der Waals surface area contributed by atoms with Crippen molar-refractivity contribution in [1.29, 1.82) is 0 Å². The molecule has 0 bridgehead atoms. The van der Waals surface area contributed by atoms with E-state index < -0.39 is 5.97 Å². The van der Waals surface area contributed by atoms with E-state index in [1.54, 1.807) is 11.0 Å². The van der Waals surface area contributed by atoms with Crippen LogP contribution in [0.15, 0.2) is 48.8 Å². The van der Waals surface area contributed by atoms with E-state index in [-0.39, 0.29) is 17.6 Å². The van der Waals surface area contributed by atoms with Crippen LogP contribution in [-0.4, -0.2) is 48.4 Å². The van der Waals surface area contributed by atoms with Gasteiger partial charge in [-0.3, -0.25) is 9.78 Å². The number of fused-ring (bicyclic) bond motifs is 2. The van der Waals surface area contributed by atoms with E-state index in [0.29, 0.717) is 18.7 Å². The van der Waals surface area contributed by atoms with Crippen LogP contribution >= 0.6 is 0 Å². The number of hydrogen-bond donors (Lipinski definition) is 1. The van der Waals surface area contributed by atoms with E-state index in [0.717, 1.165) is 45.5 Å². The molecule has 0 saturated heterocycles. The number of carboxylic acid groups (broad SMARTS) is 1. The first-order chi connectivity index (χ1) is 16.4. The second kappa shape index (κ2) is 8.37. The number of aromatic nitrogens is 4. The molecule has 4 aromatic rings. The Bertz CT molecular complexity index is 1420. The van der Waals surface area contributed by atoms with Gasteiger partial charge in [-0.25, -0.2) is 14.8 Å². The predicted molar refractivity (Wildman–Crippen MR) is 128 cm³/mol. The van der Waals surface area contributed by atoms with E-state index in [1.807, 2.05) is 44.4 Å². The number of benzene rings is 1. The smallest absolute Gasteiger partial charge is 0.354 e.